The molecule has 4 aromatic rings. The van der Waals surface area contributed by atoms with E-state index >= 15 is 0 Å². The molecule has 1 amide bonds. The lowest BCUT2D eigenvalue weighted by molar-refractivity contribution is -0.127. The SMILES string of the molecule is C=CC(=O)N1CCCC(n2nc(-c3ccc(CCC(=O)c4ccc(F)cc4C)cc3)c3c(N)ncnc32)C1. The summed E-state index contributed by atoms with van der Waals surface area (Å²) in [6.07, 6.45) is 5.37. The number of rotatable bonds is 7. The van der Waals surface area contributed by atoms with E-state index in [1.54, 1.807) is 17.9 Å². The van der Waals surface area contributed by atoms with Gasteiger partial charge in [0, 0.05) is 30.6 Å². The third-order valence-electron chi connectivity index (χ3n) is 7.10. The number of piperidine rings is 1. The van der Waals surface area contributed by atoms with Crippen molar-refractivity contribution in [1.82, 2.24) is 24.6 Å². The van der Waals surface area contributed by atoms with Crippen molar-refractivity contribution in [3.8, 4) is 11.3 Å². The number of fused-ring (bicyclic) bond motifs is 1. The highest BCUT2D eigenvalue weighted by Crippen LogP contribution is 2.34. The summed E-state index contributed by atoms with van der Waals surface area (Å²) in [6, 6.07) is 12.0. The summed E-state index contributed by atoms with van der Waals surface area (Å²) in [4.78, 5) is 35.3. The van der Waals surface area contributed by atoms with Gasteiger partial charge in [0.25, 0.3) is 0 Å². The molecule has 0 radical (unpaired) electrons. The van der Waals surface area contributed by atoms with Crippen LogP contribution in [0.3, 0.4) is 0 Å². The zero-order chi connectivity index (χ0) is 26.8. The minimum absolute atomic E-state index is 0.0160. The molecule has 194 valence electrons. The molecule has 1 fully saturated rings. The Morgan fingerprint density at radius 2 is 1.97 bits per heavy atom. The molecule has 2 aromatic carbocycles. The number of carbonyl (C=O) groups is 2. The third kappa shape index (κ3) is 4.91. The van der Waals surface area contributed by atoms with E-state index in [4.69, 9.17) is 10.8 Å². The molecule has 0 bridgehead atoms. The number of amides is 1. The maximum Gasteiger partial charge on any atom is 0.246 e. The molecule has 0 aliphatic carbocycles. The zero-order valence-corrected chi connectivity index (χ0v) is 21.2. The third-order valence-corrected chi connectivity index (χ3v) is 7.10. The topological polar surface area (TPSA) is 107 Å². The van der Waals surface area contributed by atoms with Gasteiger partial charge in [-0.2, -0.15) is 5.10 Å². The van der Waals surface area contributed by atoms with Crippen molar-refractivity contribution in [3.63, 3.8) is 0 Å². The van der Waals surface area contributed by atoms with Crippen molar-refractivity contribution in [2.45, 2.75) is 38.6 Å². The van der Waals surface area contributed by atoms with Gasteiger partial charge >= 0.3 is 0 Å². The fourth-order valence-corrected chi connectivity index (χ4v) is 5.10. The maximum atomic E-state index is 13.4. The Kier molecular flexibility index (Phi) is 7.00. The van der Waals surface area contributed by atoms with Crippen LogP contribution in [-0.2, 0) is 11.2 Å². The van der Waals surface area contributed by atoms with Crippen molar-refractivity contribution in [2.24, 2.45) is 0 Å². The number of aryl methyl sites for hydroxylation is 2. The minimum atomic E-state index is -0.346. The minimum Gasteiger partial charge on any atom is -0.383 e. The predicted octanol–water partition coefficient (Wildman–Crippen LogP) is 4.69. The van der Waals surface area contributed by atoms with E-state index in [0.29, 0.717) is 59.6 Å². The first-order valence-corrected chi connectivity index (χ1v) is 12.6. The standard InChI is InChI=1S/C29H29FN6O2/c1-3-25(38)35-14-4-5-22(16-35)36-29-26(28(31)32-17-33-29)27(34-36)20-9-6-19(7-10-20)8-13-24(37)23-12-11-21(30)15-18(23)2/h3,6-7,9-12,15,17,22H,1,4-5,8,13-14,16H2,2H3,(H2,31,32,33). The van der Waals surface area contributed by atoms with E-state index in [1.165, 1.54) is 24.5 Å². The lowest BCUT2D eigenvalue weighted by Crippen LogP contribution is -2.40. The molecule has 5 rings (SSSR count). The normalized spacial score (nSPS) is 15.5. The average molecular weight is 513 g/mol. The molecule has 1 saturated heterocycles. The van der Waals surface area contributed by atoms with Crippen molar-refractivity contribution in [3.05, 3.63) is 84.0 Å². The first kappa shape index (κ1) is 25.3. The quantitative estimate of drug-likeness (QED) is 0.284. The fraction of sp³-hybridized carbons (Fsp3) is 0.276. The molecular weight excluding hydrogens is 483 g/mol. The van der Waals surface area contributed by atoms with Gasteiger partial charge in [0.1, 0.15) is 23.7 Å². The Balaban J connectivity index is 1.39. The van der Waals surface area contributed by atoms with Gasteiger partial charge < -0.3 is 10.6 Å². The molecule has 3 heterocycles. The van der Waals surface area contributed by atoms with Crippen LogP contribution in [0.5, 0.6) is 0 Å². The van der Waals surface area contributed by atoms with Crippen molar-refractivity contribution < 1.29 is 14.0 Å². The molecule has 9 heteroatoms. The molecule has 8 nitrogen and oxygen atoms in total. The number of benzene rings is 2. The maximum absolute atomic E-state index is 13.4. The number of hydrogen-bond donors (Lipinski definition) is 1. The highest BCUT2D eigenvalue weighted by atomic mass is 19.1. The van der Waals surface area contributed by atoms with E-state index in [0.717, 1.165) is 24.0 Å². The predicted molar refractivity (Wildman–Crippen MR) is 144 cm³/mol. The van der Waals surface area contributed by atoms with Gasteiger partial charge in [-0.05, 0) is 61.6 Å². The fourth-order valence-electron chi connectivity index (χ4n) is 5.10. The van der Waals surface area contributed by atoms with Crippen molar-refractivity contribution >= 4 is 28.5 Å². The monoisotopic (exact) mass is 512 g/mol. The Bertz CT molecular complexity index is 1530. The molecule has 2 N–H and O–H groups in total. The van der Waals surface area contributed by atoms with Crippen LogP contribution in [0.4, 0.5) is 10.2 Å². The highest BCUT2D eigenvalue weighted by molar-refractivity contribution is 5.99. The number of Topliss-reactive ketones (excluding diaryl/α,β-unsaturated/α-hetero) is 1. The van der Waals surface area contributed by atoms with Gasteiger partial charge in [0.05, 0.1) is 11.4 Å². The molecule has 2 aromatic heterocycles. The molecule has 1 atom stereocenters. The molecular formula is C29H29FN6O2. The smallest absolute Gasteiger partial charge is 0.246 e. The second kappa shape index (κ2) is 10.5. The van der Waals surface area contributed by atoms with Crippen LogP contribution < -0.4 is 5.73 Å². The van der Waals surface area contributed by atoms with E-state index < -0.39 is 0 Å². The lowest BCUT2D eigenvalue weighted by atomic mass is 9.98. The van der Waals surface area contributed by atoms with Crippen LogP contribution in [0.1, 0.15) is 46.8 Å². The van der Waals surface area contributed by atoms with E-state index in [1.807, 2.05) is 28.9 Å². The number of hydrogen-bond acceptors (Lipinski definition) is 6. The van der Waals surface area contributed by atoms with Crippen LogP contribution in [0.2, 0.25) is 0 Å². The number of nitrogen functional groups attached to an aromatic ring is 1. The number of nitrogens with two attached hydrogens (primary N) is 1. The summed E-state index contributed by atoms with van der Waals surface area (Å²) in [6.45, 7) is 6.56. The van der Waals surface area contributed by atoms with E-state index in [-0.39, 0.29) is 23.5 Å². The van der Waals surface area contributed by atoms with Gasteiger partial charge in [-0.15, -0.1) is 0 Å². The molecule has 0 saturated carbocycles. The number of ketones is 1. The number of halogens is 1. The summed E-state index contributed by atoms with van der Waals surface area (Å²) in [5.41, 5.74) is 10.6. The number of anilines is 1. The summed E-state index contributed by atoms with van der Waals surface area (Å²) in [5.74, 6) is -0.112. The van der Waals surface area contributed by atoms with Gasteiger partial charge in [-0.25, -0.2) is 19.0 Å². The second-order valence-electron chi connectivity index (χ2n) is 9.61. The number of nitrogens with zero attached hydrogens (tertiary/aromatic N) is 5. The second-order valence-corrected chi connectivity index (χ2v) is 9.61. The largest absolute Gasteiger partial charge is 0.383 e. The Morgan fingerprint density at radius 3 is 2.71 bits per heavy atom. The number of carbonyl (C=O) groups excluding carboxylic acids is 2. The summed E-state index contributed by atoms with van der Waals surface area (Å²) >= 11 is 0. The Morgan fingerprint density at radius 1 is 1.18 bits per heavy atom. The van der Waals surface area contributed by atoms with Crippen molar-refractivity contribution in [2.75, 3.05) is 18.8 Å². The van der Waals surface area contributed by atoms with Gasteiger partial charge in [-0.3, -0.25) is 9.59 Å². The summed E-state index contributed by atoms with van der Waals surface area (Å²) < 4.78 is 15.2. The zero-order valence-electron chi connectivity index (χ0n) is 21.2. The van der Waals surface area contributed by atoms with Gasteiger partial charge in [-0.1, -0.05) is 30.8 Å². The summed E-state index contributed by atoms with van der Waals surface area (Å²) in [7, 11) is 0. The Hall–Kier alpha value is -4.40. The van der Waals surface area contributed by atoms with Crippen LogP contribution >= 0.6 is 0 Å². The molecule has 1 aliphatic rings. The summed E-state index contributed by atoms with van der Waals surface area (Å²) in [5, 5.41) is 5.59. The van der Waals surface area contributed by atoms with E-state index in [9.17, 15) is 14.0 Å². The van der Waals surface area contributed by atoms with Crippen LogP contribution in [0.25, 0.3) is 22.3 Å². The number of aromatic nitrogens is 4. The average Bonchev–Trinajstić information content (AvgIpc) is 3.33. The van der Waals surface area contributed by atoms with E-state index in [2.05, 4.69) is 16.5 Å². The van der Waals surface area contributed by atoms with Crippen LogP contribution in [0, 0.1) is 12.7 Å². The molecule has 38 heavy (non-hydrogen) atoms. The van der Waals surface area contributed by atoms with Crippen molar-refractivity contribution in [1.29, 1.82) is 0 Å². The van der Waals surface area contributed by atoms with Gasteiger partial charge in [0.2, 0.25) is 5.91 Å². The number of likely N-dealkylation sites (tertiary alicyclic amines) is 1. The van der Waals surface area contributed by atoms with Gasteiger partial charge in [0.15, 0.2) is 11.4 Å². The first-order chi connectivity index (χ1) is 18.4. The highest BCUT2D eigenvalue weighted by Gasteiger charge is 2.28. The molecule has 1 aliphatic heterocycles. The lowest BCUT2D eigenvalue weighted by Gasteiger charge is -2.32. The molecule has 1 unspecified atom stereocenters. The van der Waals surface area contributed by atoms with Crippen LogP contribution in [0.15, 0.2) is 61.4 Å². The Labute approximate surface area is 220 Å². The van der Waals surface area contributed by atoms with Crippen LogP contribution in [-0.4, -0.2) is 49.4 Å². The molecule has 0 spiro atoms. The first-order valence-electron chi connectivity index (χ1n) is 12.6.